The van der Waals surface area contributed by atoms with Crippen molar-refractivity contribution >= 4 is 12.0 Å². The maximum absolute atomic E-state index is 12.1. The number of carbonyl (C=O) groups excluding carboxylic acids is 1. The third kappa shape index (κ3) is 3.22. The average Bonchev–Trinajstić information content (AvgIpc) is 3.04. The van der Waals surface area contributed by atoms with Gasteiger partial charge in [0.2, 0.25) is 5.91 Å². The number of hydrogen-bond acceptors (Lipinski definition) is 2. The van der Waals surface area contributed by atoms with Crippen molar-refractivity contribution < 1.29 is 4.79 Å². The van der Waals surface area contributed by atoms with Crippen LogP contribution in [0.1, 0.15) is 72.4 Å². The number of carbonyl (C=O) groups is 1. The Balaban J connectivity index is 1.50. The van der Waals surface area contributed by atoms with Crippen LogP contribution >= 0.6 is 0 Å². The fourth-order valence-corrected chi connectivity index (χ4v) is 8.90. The van der Waals surface area contributed by atoms with E-state index in [1.807, 2.05) is 18.3 Å². The lowest BCUT2D eigenvalue weighted by molar-refractivity contribution is -0.125. The van der Waals surface area contributed by atoms with Crippen LogP contribution in [0.4, 0.5) is 0 Å². The van der Waals surface area contributed by atoms with Crippen LogP contribution < -0.4 is 5.32 Å². The second kappa shape index (κ2) is 7.85. The van der Waals surface area contributed by atoms with Crippen molar-refractivity contribution in [1.29, 1.82) is 0 Å². The molecule has 32 heavy (non-hydrogen) atoms. The van der Waals surface area contributed by atoms with Crippen LogP contribution in [0, 0.1) is 46.3 Å². The minimum absolute atomic E-state index is 0.0978. The van der Waals surface area contributed by atoms with Gasteiger partial charge in [0, 0.05) is 17.7 Å². The number of nitrogens with one attached hydrogen (secondary N) is 1. The zero-order chi connectivity index (χ0) is 22.7. The summed E-state index contributed by atoms with van der Waals surface area (Å²) in [7, 11) is 0. The van der Waals surface area contributed by atoms with E-state index in [9.17, 15) is 4.79 Å². The van der Waals surface area contributed by atoms with E-state index in [-0.39, 0.29) is 11.3 Å². The maximum atomic E-state index is 12.1. The fraction of sp³-hybridized carbons (Fsp3) is 0.655. The Morgan fingerprint density at radius 3 is 2.72 bits per heavy atom. The van der Waals surface area contributed by atoms with Gasteiger partial charge in [0.05, 0.1) is 5.69 Å². The summed E-state index contributed by atoms with van der Waals surface area (Å²) in [5.41, 5.74) is 3.15. The first kappa shape index (κ1) is 21.9. The zero-order valence-electron chi connectivity index (χ0n) is 20.5. The van der Waals surface area contributed by atoms with E-state index in [1.165, 1.54) is 19.3 Å². The standard InChI is InChI=1S/C29H40N2O/c1-6-20(17-21-9-7-8-14-30-21)27-19(3)15-23-26-18(2)16-24-28(4,13-11-25(32)31-24)22(26)10-12-29(23,27)5/h7-9,11,13-14,17-19,22-24,26-27H,6,10,12,15-16H2,1-5H3,(H,31,32)/b20-17+/t18?,19?,22-,23-,24?,26+,27+,28+,29-/m0/s1. The van der Waals surface area contributed by atoms with Crippen LogP contribution in [0.2, 0.25) is 0 Å². The van der Waals surface area contributed by atoms with Gasteiger partial charge in [-0.15, -0.1) is 0 Å². The molecule has 4 aliphatic rings. The summed E-state index contributed by atoms with van der Waals surface area (Å²) in [5, 5.41) is 3.32. The lowest BCUT2D eigenvalue weighted by atomic mass is 9.45. The van der Waals surface area contributed by atoms with E-state index in [0.29, 0.717) is 35.1 Å². The molecular weight excluding hydrogens is 392 g/mol. The first-order chi connectivity index (χ1) is 15.3. The number of allylic oxidation sites excluding steroid dienone is 1. The second-order valence-electron chi connectivity index (χ2n) is 11.8. The first-order valence-corrected chi connectivity index (χ1v) is 12.9. The Labute approximate surface area is 194 Å². The largest absolute Gasteiger partial charge is 0.349 e. The number of pyridine rings is 1. The molecule has 3 unspecified atom stereocenters. The summed E-state index contributed by atoms with van der Waals surface area (Å²) < 4.78 is 0. The SMILES string of the molecule is CC/C(=C\c1ccccn1)[C@H]1C(C)C[C@H]2[C@@H]3C(C)CC4NC(=O)C=C[C@]4(C)[C@H]3CC[C@]12C. The molecule has 3 heteroatoms. The van der Waals surface area contributed by atoms with Gasteiger partial charge in [0.15, 0.2) is 0 Å². The van der Waals surface area contributed by atoms with E-state index < -0.39 is 0 Å². The van der Waals surface area contributed by atoms with Gasteiger partial charge >= 0.3 is 0 Å². The Morgan fingerprint density at radius 2 is 2.00 bits per heavy atom. The van der Waals surface area contributed by atoms with Gasteiger partial charge in [-0.05, 0) is 97.3 Å². The Bertz CT molecular complexity index is 936. The summed E-state index contributed by atoms with van der Waals surface area (Å²) >= 11 is 0. The van der Waals surface area contributed by atoms with Gasteiger partial charge in [0.25, 0.3) is 0 Å². The van der Waals surface area contributed by atoms with Crippen molar-refractivity contribution in [3.05, 3.63) is 47.8 Å². The average molecular weight is 433 g/mol. The molecule has 3 fully saturated rings. The Hall–Kier alpha value is -1.90. The number of aromatic nitrogens is 1. The molecule has 0 saturated heterocycles. The lowest BCUT2D eigenvalue weighted by Gasteiger charge is -2.61. The number of nitrogens with zero attached hydrogens (tertiary/aromatic N) is 1. The summed E-state index contributed by atoms with van der Waals surface area (Å²) in [4.78, 5) is 16.7. The normalized spacial score (nSPS) is 45.6. The predicted molar refractivity (Wildman–Crippen MR) is 131 cm³/mol. The monoisotopic (exact) mass is 432 g/mol. The molecule has 1 N–H and O–H groups in total. The Kier molecular flexibility index (Phi) is 5.38. The second-order valence-corrected chi connectivity index (χ2v) is 11.8. The molecule has 1 aromatic rings. The van der Waals surface area contributed by atoms with Crippen molar-refractivity contribution in [2.75, 3.05) is 0 Å². The van der Waals surface area contributed by atoms with Crippen LogP contribution in [0.5, 0.6) is 0 Å². The smallest absolute Gasteiger partial charge is 0.243 e. The number of hydrogen-bond donors (Lipinski definition) is 1. The van der Waals surface area contributed by atoms with Crippen molar-refractivity contribution in [2.24, 2.45) is 46.3 Å². The van der Waals surface area contributed by atoms with Crippen LogP contribution in [-0.4, -0.2) is 16.9 Å². The van der Waals surface area contributed by atoms with E-state index in [4.69, 9.17) is 0 Å². The molecule has 5 rings (SSSR count). The van der Waals surface area contributed by atoms with Crippen LogP contribution in [-0.2, 0) is 4.79 Å². The van der Waals surface area contributed by atoms with Crippen molar-refractivity contribution in [3.63, 3.8) is 0 Å². The molecular formula is C29H40N2O. The number of amides is 1. The molecule has 0 radical (unpaired) electrons. The quantitative estimate of drug-likeness (QED) is 0.611. The molecule has 1 amide bonds. The molecule has 3 saturated carbocycles. The highest BCUT2D eigenvalue weighted by Crippen LogP contribution is 2.68. The molecule has 9 atom stereocenters. The summed E-state index contributed by atoms with van der Waals surface area (Å²) in [6.07, 6.45) is 14.5. The molecule has 0 bridgehead atoms. The van der Waals surface area contributed by atoms with Crippen molar-refractivity contribution in [2.45, 2.75) is 72.8 Å². The molecule has 1 aromatic heterocycles. The lowest BCUT2D eigenvalue weighted by Crippen LogP contribution is -2.61. The van der Waals surface area contributed by atoms with E-state index in [0.717, 1.165) is 30.4 Å². The van der Waals surface area contributed by atoms with Gasteiger partial charge in [-0.3, -0.25) is 9.78 Å². The number of fused-ring (bicyclic) bond motifs is 5. The third-order valence-corrected chi connectivity index (χ3v) is 10.2. The van der Waals surface area contributed by atoms with Crippen LogP contribution in [0.3, 0.4) is 0 Å². The summed E-state index contributed by atoms with van der Waals surface area (Å²) in [6.45, 7) is 12.3. The van der Waals surface area contributed by atoms with Crippen LogP contribution in [0.15, 0.2) is 42.1 Å². The van der Waals surface area contributed by atoms with Gasteiger partial charge in [-0.25, -0.2) is 0 Å². The highest BCUT2D eigenvalue weighted by Gasteiger charge is 2.63. The summed E-state index contributed by atoms with van der Waals surface area (Å²) in [5.74, 6) is 4.28. The van der Waals surface area contributed by atoms with Gasteiger partial charge in [0.1, 0.15) is 0 Å². The highest BCUT2D eigenvalue weighted by atomic mass is 16.1. The topological polar surface area (TPSA) is 42.0 Å². The minimum Gasteiger partial charge on any atom is -0.349 e. The predicted octanol–water partition coefficient (Wildman–Crippen LogP) is 6.28. The first-order valence-electron chi connectivity index (χ1n) is 12.9. The zero-order valence-corrected chi connectivity index (χ0v) is 20.5. The minimum atomic E-state index is 0.0978. The van der Waals surface area contributed by atoms with E-state index in [2.05, 4.69) is 69.2 Å². The molecule has 1 aliphatic heterocycles. The fourth-order valence-electron chi connectivity index (χ4n) is 8.90. The van der Waals surface area contributed by atoms with Gasteiger partial charge in [-0.1, -0.05) is 52.3 Å². The molecule has 0 spiro atoms. The van der Waals surface area contributed by atoms with Crippen LogP contribution in [0.25, 0.3) is 6.08 Å². The molecule has 3 nitrogen and oxygen atoms in total. The third-order valence-electron chi connectivity index (χ3n) is 10.2. The molecule has 3 aliphatic carbocycles. The Morgan fingerprint density at radius 1 is 1.19 bits per heavy atom. The van der Waals surface area contributed by atoms with Crippen molar-refractivity contribution in [3.8, 4) is 0 Å². The summed E-state index contributed by atoms with van der Waals surface area (Å²) in [6, 6.07) is 6.53. The van der Waals surface area contributed by atoms with Gasteiger partial charge < -0.3 is 5.32 Å². The molecule has 2 heterocycles. The molecule has 172 valence electrons. The molecule has 0 aromatic carbocycles. The van der Waals surface area contributed by atoms with E-state index >= 15 is 0 Å². The van der Waals surface area contributed by atoms with Gasteiger partial charge in [-0.2, -0.15) is 0 Å². The highest BCUT2D eigenvalue weighted by molar-refractivity contribution is 5.89. The van der Waals surface area contributed by atoms with Crippen molar-refractivity contribution in [1.82, 2.24) is 10.3 Å². The maximum Gasteiger partial charge on any atom is 0.243 e. The van der Waals surface area contributed by atoms with E-state index in [1.54, 1.807) is 5.57 Å². The number of rotatable bonds is 3.